The van der Waals surface area contributed by atoms with Gasteiger partial charge in [0.05, 0.1) is 11.1 Å². The second-order valence-electron chi connectivity index (χ2n) is 4.27. The summed E-state index contributed by atoms with van der Waals surface area (Å²) in [5.74, 6) is 0. The van der Waals surface area contributed by atoms with Gasteiger partial charge in [-0.15, -0.1) is 12.4 Å². The molecule has 21 heavy (non-hydrogen) atoms. The number of hydrogen-bond donors (Lipinski definition) is 2. The molecular formula is C12H14ClF6NO. The first-order valence-electron chi connectivity index (χ1n) is 5.72. The number of benzene rings is 1. The SMILES string of the molecule is Cl.N[C@H](CCCO)c1ccc(C(F)(F)F)cc1C(F)(F)F. The van der Waals surface area contributed by atoms with E-state index in [9.17, 15) is 26.3 Å². The van der Waals surface area contributed by atoms with Crippen LogP contribution in [0.4, 0.5) is 26.3 Å². The van der Waals surface area contributed by atoms with Crippen LogP contribution in [0.25, 0.3) is 0 Å². The average Bonchev–Trinajstić information content (AvgIpc) is 2.33. The highest BCUT2D eigenvalue weighted by atomic mass is 35.5. The summed E-state index contributed by atoms with van der Waals surface area (Å²) in [5, 5.41) is 8.62. The van der Waals surface area contributed by atoms with Crippen LogP contribution in [0.5, 0.6) is 0 Å². The normalized spacial score (nSPS) is 13.7. The average molecular weight is 338 g/mol. The Morgan fingerprint density at radius 1 is 1.05 bits per heavy atom. The number of hydrogen-bond acceptors (Lipinski definition) is 2. The fourth-order valence-electron chi connectivity index (χ4n) is 1.77. The molecule has 1 aromatic rings. The summed E-state index contributed by atoms with van der Waals surface area (Å²) < 4.78 is 75.9. The minimum absolute atomic E-state index is 0. The summed E-state index contributed by atoms with van der Waals surface area (Å²) in [5.41, 5.74) is 2.38. The minimum Gasteiger partial charge on any atom is -0.396 e. The first kappa shape index (κ1) is 20.0. The Labute approximate surface area is 123 Å². The van der Waals surface area contributed by atoms with E-state index in [1.54, 1.807) is 0 Å². The van der Waals surface area contributed by atoms with Gasteiger partial charge in [0.15, 0.2) is 0 Å². The van der Waals surface area contributed by atoms with Crippen LogP contribution in [0, 0.1) is 0 Å². The maximum atomic E-state index is 12.8. The van der Waals surface area contributed by atoms with Gasteiger partial charge in [0.25, 0.3) is 0 Å². The second-order valence-corrected chi connectivity index (χ2v) is 4.27. The fraction of sp³-hybridized carbons (Fsp3) is 0.500. The zero-order valence-electron chi connectivity index (χ0n) is 10.6. The van der Waals surface area contributed by atoms with Crippen molar-refractivity contribution in [3.8, 4) is 0 Å². The van der Waals surface area contributed by atoms with E-state index in [1.165, 1.54) is 0 Å². The molecule has 1 atom stereocenters. The predicted octanol–water partition coefficient (Wildman–Crippen LogP) is 3.92. The Balaban J connectivity index is 0.00000400. The molecule has 0 fully saturated rings. The largest absolute Gasteiger partial charge is 0.416 e. The quantitative estimate of drug-likeness (QED) is 0.818. The van der Waals surface area contributed by atoms with Gasteiger partial charge in [0, 0.05) is 12.6 Å². The van der Waals surface area contributed by atoms with E-state index in [2.05, 4.69) is 0 Å². The van der Waals surface area contributed by atoms with Gasteiger partial charge in [-0.25, -0.2) is 0 Å². The standard InChI is InChI=1S/C12H13F6NO.ClH/c13-11(14,15)7-3-4-8(10(19)2-1-5-20)9(6-7)12(16,17)18;/h3-4,6,10,20H,1-2,5,19H2;1H/t10-;/m1./s1. The van der Waals surface area contributed by atoms with Crippen LogP contribution in [0.15, 0.2) is 18.2 Å². The first-order chi connectivity index (χ1) is 9.07. The Morgan fingerprint density at radius 3 is 2.05 bits per heavy atom. The van der Waals surface area contributed by atoms with Crippen LogP contribution in [-0.2, 0) is 12.4 Å². The topological polar surface area (TPSA) is 46.2 Å². The first-order valence-corrected chi connectivity index (χ1v) is 5.72. The minimum atomic E-state index is -4.92. The van der Waals surface area contributed by atoms with E-state index in [0.717, 1.165) is 6.07 Å². The molecule has 122 valence electrons. The van der Waals surface area contributed by atoms with Crippen molar-refractivity contribution < 1.29 is 31.4 Å². The van der Waals surface area contributed by atoms with E-state index in [-0.39, 0.29) is 37.9 Å². The third-order valence-corrected chi connectivity index (χ3v) is 2.76. The highest BCUT2D eigenvalue weighted by Gasteiger charge is 2.38. The van der Waals surface area contributed by atoms with Gasteiger partial charge in [-0.1, -0.05) is 6.07 Å². The molecule has 2 nitrogen and oxygen atoms in total. The lowest BCUT2D eigenvalue weighted by Crippen LogP contribution is -2.19. The number of nitrogens with two attached hydrogens (primary N) is 1. The van der Waals surface area contributed by atoms with Crippen LogP contribution in [-0.4, -0.2) is 11.7 Å². The summed E-state index contributed by atoms with van der Waals surface area (Å²) in [6, 6.07) is 0.298. The fourth-order valence-corrected chi connectivity index (χ4v) is 1.77. The lowest BCUT2D eigenvalue weighted by molar-refractivity contribution is -0.143. The smallest absolute Gasteiger partial charge is 0.396 e. The van der Waals surface area contributed by atoms with Gasteiger partial charge >= 0.3 is 12.4 Å². The van der Waals surface area contributed by atoms with Crippen molar-refractivity contribution in [2.75, 3.05) is 6.61 Å². The Bertz CT molecular complexity index is 460. The lowest BCUT2D eigenvalue weighted by atomic mass is 9.95. The van der Waals surface area contributed by atoms with Crippen LogP contribution in [0.2, 0.25) is 0 Å². The lowest BCUT2D eigenvalue weighted by Gasteiger charge is -2.20. The number of rotatable bonds is 4. The Kier molecular flexibility index (Phi) is 6.98. The van der Waals surface area contributed by atoms with Crippen molar-refractivity contribution in [1.82, 2.24) is 0 Å². The Hall–Kier alpha value is -0.990. The Morgan fingerprint density at radius 2 is 1.62 bits per heavy atom. The van der Waals surface area contributed by atoms with Crippen molar-refractivity contribution in [2.45, 2.75) is 31.2 Å². The van der Waals surface area contributed by atoms with Crippen LogP contribution in [0.3, 0.4) is 0 Å². The molecule has 0 bridgehead atoms. The second kappa shape index (κ2) is 7.33. The van der Waals surface area contributed by atoms with E-state index in [0.29, 0.717) is 6.07 Å². The highest BCUT2D eigenvalue weighted by Crippen LogP contribution is 2.39. The highest BCUT2D eigenvalue weighted by molar-refractivity contribution is 5.85. The molecule has 0 saturated carbocycles. The molecule has 0 aromatic heterocycles. The maximum Gasteiger partial charge on any atom is 0.416 e. The number of alkyl halides is 6. The molecule has 0 spiro atoms. The summed E-state index contributed by atoms with van der Waals surface area (Å²) in [6.07, 6.45) is -9.56. The zero-order valence-corrected chi connectivity index (χ0v) is 11.4. The van der Waals surface area contributed by atoms with Gasteiger partial charge in [0.2, 0.25) is 0 Å². The van der Waals surface area contributed by atoms with E-state index in [1.807, 2.05) is 0 Å². The van der Waals surface area contributed by atoms with Gasteiger partial charge in [-0.05, 0) is 30.5 Å². The molecule has 9 heteroatoms. The van der Waals surface area contributed by atoms with Gasteiger partial charge in [-0.3, -0.25) is 0 Å². The summed E-state index contributed by atoms with van der Waals surface area (Å²) in [6.45, 7) is -0.254. The number of halogens is 7. The molecule has 0 aliphatic heterocycles. The molecule has 1 aromatic carbocycles. The van der Waals surface area contributed by atoms with Gasteiger partial charge in [-0.2, -0.15) is 26.3 Å². The maximum absolute atomic E-state index is 12.8. The molecule has 0 aliphatic rings. The molecule has 0 aliphatic carbocycles. The summed E-state index contributed by atoms with van der Waals surface area (Å²) in [4.78, 5) is 0. The molecular weight excluding hydrogens is 324 g/mol. The molecule has 1 rings (SSSR count). The van der Waals surface area contributed by atoms with Crippen molar-refractivity contribution in [3.63, 3.8) is 0 Å². The van der Waals surface area contributed by atoms with E-state index < -0.39 is 35.1 Å². The predicted molar refractivity (Wildman–Crippen MR) is 66.9 cm³/mol. The summed E-state index contributed by atoms with van der Waals surface area (Å²) >= 11 is 0. The van der Waals surface area contributed by atoms with Gasteiger partial charge < -0.3 is 10.8 Å². The van der Waals surface area contributed by atoms with Gasteiger partial charge in [0.1, 0.15) is 0 Å². The van der Waals surface area contributed by atoms with Crippen LogP contribution < -0.4 is 5.73 Å². The monoisotopic (exact) mass is 337 g/mol. The zero-order chi connectivity index (χ0) is 15.6. The van der Waals surface area contributed by atoms with Crippen molar-refractivity contribution in [3.05, 3.63) is 34.9 Å². The molecule has 3 N–H and O–H groups in total. The van der Waals surface area contributed by atoms with Crippen LogP contribution >= 0.6 is 12.4 Å². The van der Waals surface area contributed by atoms with E-state index >= 15 is 0 Å². The third kappa shape index (κ3) is 5.37. The molecule has 0 saturated heterocycles. The third-order valence-electron chi connectivity index (χ3n) is 2.76. The van der Waals surface area contributed by atoms with E-state index in [4.69, 9.17) is 10.8 Å². The van der Waals surface area contributed by atoms with Crippen molar-refractivity contribution in [1.29, 1.82) is 0 Å². The van der Waals surface area contributed by atoms with Crippen LogP contribution in [0.1, 0.15) is 35.6 Å². The summed E-state index contributed by atoms with van der Waals surface area (Å²) in [7, 11) is 0. The molecule has 0 amide bonds. The van der Waals surface area contributed by atoms with Crippen molar-refractivity contribution >= 4 is 12.4 Å². The molecule has 0 heterocycles. The van der Waals surface area contributed by atoms with Crippen molar-refractivity contribution in [2.24, 2.45) is 5.73 Å². The number of aliphatic hydroxyl groups excluding tert-OH is 1. The molecule has 0 radical (unpaired) electrons. The molecule has 0 unspecified atom stereocenters. The number of aliphatic hydroxyl groups is 1.